The van der Waals surface area contributed by atoms with E-state index < -0.39 is 0 Å². The number of hydrogen-bond donors (Lipinski definition) is 2. The lowest BCUT2D eigenvalue weighted by Gasteiger charge is -2.20. The van der Waals surface area contributed by atoms with Gasteiger partial charge in [-0.05, 0) is 0 Å². The highest BCUT2D eigenvalue weighted by Crippen LogP contribution is 2.04. The highest BCUT2D eigenvalue weighted by Gasteiger charge is 2.16. The first-order valence-electron chi connectivity index (χ1n) is 4.56. The second-order valence-corrected chi connectivity index (χ2v) is 3.95. The van der Waals surface area contributed by atoms with Crippen molar-refractivity contribution < 1.29 is 4.79 Å². The first-order chi connectivity index (χ1) is 7.02. The van der Waals surface area contributed by atoms with Gasteiger partial charge in [0.25, 0.3) is 5.91 Å². The van der Waals surface area contributed by atoms with Crippen LogP contribution in [0.25, 0.3) is 0 Å². The summed E-state index contributed by atoms with van der Waals surface area (Å²) >= 11 is 4.84. The summed E-state index contributed by atoms with van der Waals surface area (Å²) in [6.07, 6.45) is 3.05. The minimum atomic E-state index is -0.0909. The van der Waals surface area contributed by atoms with Gasteiger partial charge in [-0.2, -0.15) is 5.10 Å². The largest absolute Gasteiger partial charge is 0.393 e. The molecule has 1 unspecified atom stereocenters. The summed E-state index contributed by atoms with van der Waals surface area (Å²) in [5, 5.41) is 6.31. The third-order valence-electron chi connectivity index (χ3n) is 2.13. The van der Waals surface area contributed by atoms with Gasteiger partial charge >= 0.3 is 0 Å². The van der Waals surface area contributed by atoms with Crippen LogP contribution in [-0.4, -0.2) is 39.6 Å². The van der Waals surface area contributed by atoms with E-state index in [-0.39, 0.29) is 11.8 Å². The van der Waals surface area contributed by atoms with E-state index in [0.29, 0.717) is 17.1 Å². The molecular weight excluding hydrogens is 212 g/mol. The van der Waals surface area contributed by atoms with E-state index in [1.807, 2.05) is 6.92 Å². The van der Waals surface area contributed by atoms with E-state index in [0.717, 1.165) is 0 Å². The number of nitrogens with two attached hydrogens (primary N) is 1. The van der Waals surface area contributed by atoms with Gasteiger partial charge in [-0.3, -0.25) is 9.89 Å². The number of nitrogens with zero attached hydrogens (tertiary/aromatic N) is 2. The molecule has 0 fully saturated rings. The SMILES string of the molecule is CC(CN(C)C(=O)c1cn[nH]c1)C(N)=S. The molecule has 1 rings (SSSR count). The number of carbonyl (C=O) groups is 1. The van der Waals surface area contributed by atoms with Gasteiger partial charge in [0.2, 0.25) is 0 Å². The zero-order valence-corrected chi connectivity index (χ0v) is 9.54. The molecule has 0 radical (unpaired) electrons. The molecule has 0 saturated heterocycles. The first kappa shape index (κ1) is 11.6. The van der Waals surface area contributed by atoms with Crippen molar-refractivity contribution in [2.24, 2.45) is 11.7 Å². The highest BCUT2D eigenvalue weighted by atomic mass is 32.1. The fourth-order valence-electron chi connectivity index (χ4n) is 1.17. The van der Waals surface area contributed by atoms with Crippen molar-refractivity contribution in [1.29, 1.82) is 0 Å². The Kier molecular flexibility index (Phi) is 3.79. The van der Waals surface area contributed by atoms with E-state index in [4.69, 9.17) is 18.0 Å². The van der Waals surface area contributed by atoms with Crippen molar-refractivity contribution in [2.45, 2.75) is 6.92 Å². The van der Waals surface area contributed by atoms with E-state index >= 15 is 0 Å². The van der Waals surface area contributed by atoms with E-state index in [1.54, 1.807) is 18.1 Å². The maximum Gasteiger partial charge on any atom is 0.256 e. The quantitative estimate of drug-likeness (QED) is 0.729. The third kappa shape index (κ3) is 3.02. The van der Waals surface area contributed by atoms with Gasteiger partial charge in [-0.15, -0.1) is 0 Å². The number of amides is 1. The summed E-state index contributed by atoms with van der Waals surface area (Å²) in [6.45, 7) is 2.40. The zero-order chi connectivity index (χ0) is 11.4. The van der Waals surface area contributed by atoms with Crippen molar-refractivity contribution >= 4 is 23.1 Å². The molecular formula is C9H14N4OS. The number of rotatable bonds is 4. The van der Waals surface area contributed by atoms with Gasteiger partial charge in [-0.1, -0.05) is 19.1 Å². The summed E-state index contributed by atoms with van der Waals surface area (Å²) in [6, 6.07) is 0. The topological polar surface area (TPSA) is 75.0 Å². The molecule has 0 aromatic carbocycles. The maximum atomic E-state index is 11.7. The van der Waals surface area contributed by atoms with Gasteiger partial charge in [-0.25, -0.2) is 0 Å². The average molecular weight is 226 g/mol. The number of aromatic amines is 1. The Balaban J connectivity index is 2.58. The van der Waals surface area contributed by atoms with Crippen LogP contribution in [0.5, 0.6) is 0 Å². The second kappa shape index (κ2) is 4.88. The Labute approximate surface area is 93.6 Å². The van der Waals surface area contributed by atoms with Gasteiger partial charge in [0, 0.05) is 25.7 Å². The molecule has 5 nitrogen and oxygen atoms in total. The number of aromatic nitrogens is 2. The van der Waals surface area contributed by atoms with E-state index in [2.05, 4.69) is 10.2 Å². The van der Waals surface area contributed by atoms with E-state index in [9.17, 15) is 4.79 Å². The molecule has 0 spiro atoms. The minimum absolute atomic E-state index is 0.0147. The molecule has 3 N–H and O–H groups in total. The van der Waals surface area contributed by atoms with Crippen molar-refractivity contribution in [3.63, 3.8) is 0 Å². The van der Waals surface area contributed by atoms with Crippen LogP contribution in [0.4, 0.5) is 0 Å². The lowest BCUT2D eigenvalue weighted by Crippen LogP contribution is -2.35. The molecule has 1 amide bonds. The van der Waals surface area contributed by atoms with E-state index in [1.165, 1.54) is 6.20 Å². The summed E-state index contributed by atoms with van der Waals surface area (Å²) in [7, 11) is 1.71. The Morgan fingerprint density at radius 3 is 2.93 bits per heavy atom. The number of H-pyrrole nitrogens is 1. The van der Waals surface area contributed by atoms with Gasteiger partial charge in [0.05, 0.1) is 16.7 Å². The smallest absolute Gasteiger partial charge is 0.256 e. The molecule has 1 heterocycles. The van der Waals surface area contributed by atoms with Crippen molar-refractivity contribution in [3.8, 4) is 0 Å². The third-order valence-corrected chi connectivity index (χ3v) is 2.53. The van der Waals surface area contributed by atoms with Gasteiger partial charge < -0.3 is 10.6 Å². The van der Waals surface area contributed by atoms with Crippen molar-refractivity contribution in [3.05, 3.63) is 18.0 Å². The molecule has 6 heteroatoms. The zero-order valence-electron chi connectivity index (χ0n) is 8.73. The molecule has 1 aromatic rings. The molecule has 15 heavy (non-hydrogen) atoms. The van der Waals surface area contributed by atoms with Crippen LogP contribution in [0.15, 0.2) is 12.4 Å². The summed E-state index contributed by atoms with van der Waals surface area (Å²) in [4.78, 5) is 13.7. The molecule has 1 atom stereocenters. The average Bonchev–Trinajstić information content (AvgIpc) is 2.68. The maximum absolute atomic E-state index is 11.7. The second-order valence-electron chi connectivity index (χ2n) is 3.48. The molecule has 0 aliphatic heterocycles. The Morgan fingerprint density at radius 2 is 2.47 bits per heavy atom. The number of hydrogen-bond acceptors (Lipinski definition) is 3. The van der Waals surface area contributed by atoms with Crippen LogP contribution in [0.1, 0.15) is 17.3 Å². The summed E-state index contributed by atoms with van der Waals surface area (Å²) in [5.74, 6) is -0.0762. The Bertz CT molecular complexity index is 349. The fourth-order valence-corrected chi connectivity index (χ4v) is 1.25. The predicted octanol–water partition coefficient (Wildman–Crippen LogP) is 0.404. The molecule has 0 aliphatic carbocycles. The van der Waals surface area contributed by atoms with Crippen LogP contribution < -0.4 is 5.73 Å². The van der Waals surface area contributed by atoms with Crippen LogP contribution in [0.3, 0.4) is 0 Å². The van der Waals surface area contributed by atoms with Crippen molar-refractivity contribution in [1.82, 2.24) is 15.1 Å². The fraction of sp³-hybridized carbons (Fsp3) is 0.444. The van der Waals surface area contributed by atoms with Crippen LogP contribution in [0, 0.1) is 5.92 Å². The predicted molar refractivity (Wildman–Crippen MR) is 61.5 cm³/mol. The molecule has 0 saturated carbocycles. The van der Waals surface area contributed by atoms with Gasteiger partial charge in [0.15, 0.2) is 0 Å². The molecule has 0 aliphatic rings. The number of nitrogens with one attached hydrogen (secondary N) is 1. The molecule has 82 valence electrons. The number of thiocarbonyl (C=S) groups is 1. The lowest BCUT2D eigenvalue weighted by molar-refractivity contribution is 0.0787. The molecule has 1 aromatic heterocycles. The van der Waals surface area contributed by atoms with Crippen LogP contribution in [0.2, 0.25) is 0 Å². The highest BCUT2D eigenvalue weighted by molar-refractivity contribution is 7.80. The Morgan fingerprint density at radius 1 is 1.80 bits per heavy atom. The summed E-state index contributed by atoms with van der Waals surface area (Å²) in [5.41, 5.74) is 6.01. The van der Waals surface area contributed by atoms with Crippen molar-refractivity contribution in [2.75, 3.05) is 13.6 Å². The lowest BCUT2D eigenvalue weighted by atomic mass is 10.1. The summed E-state index contributed by atoms with van der Waals surface area (Å²) < 4.78 is 0. The first-order valence-corrected chi connectivity index (χ1v) is 4.96. The van der Waals surface area contributed by atoms with Gasteiger partial charge in [0.1, 0.15) is 0 Å². The Hall–Kier alpha value is -1.43. The normalized spacial score (nSPS) is 12.1. The monoisotopic (exact) mass is 226 g/mol. The molecule has 0 bridgehead atoms. The minimum Gasteiger partial charge on any atom is -0.393 e. The standard InChI is InChI=1S/C9H14N4OS/c1-6(8(10)15)5-13(2)9(14)7-3-11-12-4-7/h3-4,6H,5H2,1-2H3,(H2,10,15)(H,11,12). The van der Waals surface area contributed by atoms with Crippen LogP contribution >= 0.6 is 12.2 Å². The van der Waals surface area contributed by atoms with Crippen LogP contribution in [-0.2, 0) is 0 Å². The number of carbonyl (C=O) groups excluding carboxylic acids is 1.